The number of hydrogen-bond donors (Lipinski definition) is 1. The Bertz CT molecular complexity index is 199. The van der Waals surface area contributed by atoms with Gasteiger partial charge in [-0.15, -0.1) is 0 Å². The number of hydrogen-bond acceptors (Lipinski definition) is 2. The van der Waals surface area contributed by atoms with Crippen LogP contribution in [0.1, 0.15) is 26.2 Å². The lowest BCUT2D eigenvalue weighted by Gasteiger charge is -2.22. The van der Waals surface area contributed by atoms with Crippen LogP contribution in [0.15, 0.2) is 0 Å². The van der Waals surface area contributed by atoms with Crippen LogP contribution >= 0.6 is 15.9 Å². The van der Waals surface area contributed by atoms with E-state index >= 15 is 0 Å². The fourth-order valence-electron chi connectivity index (χ4n) is 1.80. The van der Waals surface area contributed by atoms with Crippen molar-refractivity contribution in [3.8, 4) is 0 Å². The molecule has 1 amide bonds. The number of aliphatic hydroxyl groups is 1. The minimum absolute atomic E-state index is 0.0223. The normalized spacial score (nSPS) is 24.4. The first kappa shape index (κ1) is 12.0. The number of alkyl halides is 1. The van der Waals surface area contributed by atoms with Crippen molar-refractivity contribution in [1.29, 1.82) is 0 Å². The van der Waals surface area contributed by atoms with Crippen molar-refractivity contribution in [3.63, 3.8) is 0 Å². The molecule has 0 aromatic carbocycles. The second kappa shape index (κ2) is 5.71. The molecule has 0 spiro atoms. The van der Waals surface area contributed by atoms with Crippen molar-refractivity contribution < 1.29 is 9.90 Å². The van der Waals surface area contributed by atoms with E-state index in [-0.39, 0.29) is 17.3 Å². The van der Waals surface area contributed by atoms with Crippen molar-refractivity contribution >= 4 is 21.8 Å². The molecule has 1 N–H and O–H groups in total. The molecule has 0 saturated carbocycles. The number of nitrogens with zero attached hydrogens (tertiary/aromatic N) is 1. The summed E-state index contributed by atoms with van der Waals surface area (Å²) >= 11 is 3.35. The minimum Gasteiger partial charge on any atom is -0.396 e. The van der Waals surface area contributed by atoms with E-state index in [1.165, 1.54) is 0 Å². The summed E-state index contributed by atoms with van der Waals surface area (Å²) in [6.45, 7) is 3.99. The maximum absolute atomic E-state index is 11.6. The first-order valence-corrected chi connectivity index (χ1v) is 6.14. The highest BCUT2D eigenvalue weighted by Crippen LogP contribution is 2.21. The van der Waals surface area contributed by atoms with Gasteiger partial charge in [0, 0.05) is 19.7 Å². The van der Waals surface area contributed by atoms with Gasteiger partial charge in [-0.1, -0.05) is 29.3 Å². The molecule has 1 fully saturated rings. The van der Waals surface area contributed by atoms with Gasteiger partial charge >= 0.3 is 0 Å². The van der Waals surface area contributed by atoms with Crippen LogP contribution in [0.4, 0.5) is 0 Å². The highest BCUT2D eigenvalue weighted by Gasteiger charge is 2.30. The van der Waals surface area contributed by atoms with Gasteiger partial charge in [0.2, 0.25) is 5.91 Å². The summed E-state index contributed by atoms with van der Waals surface area (Å²) in [4.78, 5) is 13.5. The van der Waals surface area contributed by atoms with Crippen molar-refractivity contribution in [2.45, 2.75) is 31.0 Å². The van der Waals surface area contributed by atoms with E-state index in [0.29, 0.717) is 5.92 Å². The predicted octanol–water partition coefficient (Wildman–Crippen LogP) is 1.39. The van der Waals surface area contributed by atoms with Crippen LogP contribution in [-0.2, 0) is 4.79 Å². The Kier molecular flexibility index (Phi) is 4.89. The Labute approximate surface area is 93.6 Å². The molecule has 14 heavy (non-hydrogen) atoms. The molecule has 3 nitrogen and oxygen atoms in total. The zero-order valence-electron chi connectivity index (χ0n) is 8.58. The maximum Gasteiger partial charge on any atom is 0.236 e. The van der Waals surface area contributed by atoms with Crippen LogP contribution in [0.3, 0.4) is 0 Å². The summed E-state index contributed by atoms with van der Waals surface area (Å²) in [5, 5.41) is 8.85. The average molecular weight is 264 g/mol. The first-order valence-electron chi connectivity index (χ1n) is 5.22. The van der Waals surface area contributed by atoms with Gasteiger partial charge in [-0.05, 0) is 18.8 Å². The van der Waals surface area contributed by atoms with Gasteiger partial charge in [-0.25, -0.2) is 0 Å². The molecule has 0 aromatic rings. The molecule has 2 unspecified atom stereocenters. The fourth-order valence-corrected chi connectivity index (χ4v) is 2.30. The topological polar surface area (TPSA) is 40.5 Å². The van der Waals surface area contributed by atoms with Gasteiger partial charge in [0.1, 0.15) is 0 Å². The van der Waals surface area contributed by atoms with E-state index in [1.807, 2.05) is 4.90 Å². The number of carbonyl (C=O) groups is 1. The highest BCUT2D eigenvalue weighted by atomic mass is 79.9. The number of halogens is 1. The van der Waals surface area contributed by atoms with Crippen molar-refractivity contribution in [2.24, 2.45) is 5.92 Å². The Morgan fingerprint density at radius 1 is 1.71 bits per heavy atom. The second-order valence-corrected chi connectivity index (χ2v) is 4.93. The number of aliphatic hydroxyl groups excluding tert-OH is 1. The molecule has 1 aliphatic heterocycles. The Morgan fingerprint density at radius 3 is 2.86 bits per heavy atom. The van der Waals surface area contributed by atoms with E-state index in [1.54, 1.807) is 0 Å². The van der Waals surface area contributed by atoms with Crippen LogP contribution in [0.5, 0.6) is 0 Å². The number of amides is 1. The number of rotatable bonds is 5. The number of likely N-dealkylation sites (tertiary alicyclic amines) is 1. The van der Waals surface area contributed by atoms with Crippen LogP contribution < -0.4 is 0 Å². The average Bonchev–Trinajstić information content (AvgIpc) is 2.49. The molecule has 4 heteroatoms. The molecule has 1 saturated heterocycles. The van der Waals surface area contributed by atoms with Gasteiger partial charge in [0.15, 0.2) is 0 Å². The zero-order chi connectivity index (χ0) is 10.6. The van der Waals surface area contributed by atoms with Crippen LogP contribution in [0.2, 0.25) is 0 Å². The van der Waals surface area contributed by atoms with Crippen molar-refractivity contribution in [3.05, 3.63) is 0 Å². The Morgan fingerprint density at radius 2 is 2.43 bits per heavy atom. The van der Waals surface area contributed by atoms with Gasteiger partial charge in [-0.3, -0.25) is 4.79 Å². The summed E-state index contributed by atoms with van der Waals surface area (Å²) in [6.07, 6.45) is 2.74. The third-order valence-electron chi connectivity index (χ3n) is 2.83. The standard InChI is InChI=1S/C10H18BrNO2/c1-2-8(4-6-13)7-12-5-3-9(11)10(12)14/h8-9,13H,2-7H2,1H3. The van der Waals surface area contributed by atoms with Gasteiger partial charge in [-0.2, -0.15) is 0 Å². The molecule has 82 valence electrons. The monoisotopic (exact) mass is 263 g/mol. The van der Waals surface area contributed by atoms with Crippen LogP contribution in [0.25, 0.3) is 0 Å². The fraction of sp³-hybridized carbons (Fsp3) is 0.900. The lowest BCUT2D eigenvalue weighted by Crippen LogP contribution is -2.32. The summed E-state index contributed by atoms with van der Waals surface area (Å²) in [6, 6.07) is 0. The summed E-state index contributed by atoms with van der Waals surface area (Å²) in [7, 11) is 0. The maximum atomic E-state index is 11.6. The summed E-state index contributed by atoms with van der Waals surface area (Å²) in [5.41, 5.74) is 0. The zero-order valence-corrected chi connectivity index (χ0v) is 10.2. The minimum atomic E-state index is 0.0223. The summed E-state index contributed by atoms with van der Waals surface area (Å²) < 4.78 is 0. The van der Waals surface area contributed by atoms with Crippen molar-refractivity contribution in [1.82, 2.24) is 4.90 Å². The van der Waals surface area contributed by atoms with E-state index in [2.05, 4.69) is 22.9 Å². The largest absolute Gasteiger partial charge is 0.396 e. The van der Waals surface area contributed by atoms with E-state index in [9.17, 15) is 4.79 Å². The van der Waals surface area contributed by atoms with E-state index < -0.39 is 0 Å². The lowest BCUT2D eigenvalue weighted by atomic mass is 10.0. The van der Waals surface area contributed by atoms with Crippen molar-refractivity contribution in [2.75, 3.05) is 19.7 Å². The molecule has 0 radical (unpaired) electrons. The van der Waals surface area contributed by atoms with Gasteiger partial charge in [0.05, 0.1) is 4.83 Å². The van der Waals surface area contributed by atoms with E-state index in [4.69, 9.17) is 5.11 Å². The first-order chi connectivity index (χ1) is 6.69. The van der Waals surface area contributed by atoms with Crippen LogP contribution in [0, 0.1) is 5.92 Å². The molecule has 0 bridgehead atoms. The van der Waals surface area contributed by atoms with Gasteiger partial charge in [0.25, 0.3) is 0 Å². The SMILES string of the molecule is CCC(CCO)CN1CCC(Br)C1=O. The Hall–Kier alpha value is -0.0900. The quantitative estimate of drug-likeness (QED) is 0.762. The third kappa shape index (κ3) is 2.95. The number of carbonyl (C=O) groups excluding carboxylic acids is 1. The molecular weight excluding hydrogens is 246 g/mol. The summed E-state index contributed by atoms with van der Waals surface area (Å²) in [5.74, 6) is 0.656. The molecular formula is C10H18BrNO2. The van der Waals surface area contributed by atoms with E-state index in [0.717, 1.165) is 32.4 Å². The lowest BCUT2D eigenvalue weighted by molar-refractivity contribution is -0.127. The second-order valence-electron chi connectivity index (χ2n) is 3.83. The molecule has 1 aliphatic rings. The predicted molar refractivity (Wildman–Crippen MR) is 59.4 cm³/mol. The third-order valence-corrected chi connectivity index (χ3v) is 3.67. The van der Waals surface area contributed by atoms with Crippen LogP contribution in [-0.4, -0.2) is 40.4 Å². The Balaban J connectivity index is 2.39. The highest BCUT2D eigenvalue weighted by molar-refractivity contribution is 9.10. The smallest absolute Gasteiger partial charge is 0.236 e. The molecule has 2 atom stereocenters. The molecule has 1 rings (SSSR count). The molecule has 0 aromatic heterocycles. The molecule has 1 heterocycles. The molecule has 0 aliphatic carbocycles. The van der Waals surface area contributed by atoms with Gasteiger partial charge < -0.3 is 10.0 Å².